The molecule has 518 valence electrons. The van der Waals surface area contributed by atoms with Crippen LogP contribution in [0.2, 0.25) is 0 Å². The van der Waals surface area contributed by atoms with E-state index >= 15 is 0 Å². The van der Waals surface area contributed by atoms with Crippen LogP contribution in [0.3, 0.4) is 0 Å². The van der Waals surface area contributed by atoms with Crippen molar-refractivity contribution in [2.75, 3.05) is 304 Å². The van der Waals surface area contributed by atoms with Crippen molar-refractivity contribution < 1.29 is 163 Å². The Bertz CT molecular complexity index is 1480. The molecule has 1 rings (SSSR count). The van der Waals surface area contributed by atoms with Crippen LogP contribution in [0.25, 0.3) is 0 Å². The summed E-state index contributed by atoms with van der Waals surface area (Å²) < 4.78 is 130. The van der Waals surface area contributed by atoms with Crippen molar-refractivity contribution in [2.24, 2.45) is 23.7 Å². The van der Waals surface area contributed by atoms with E-state index < -0.39 is 47.5 Å². The Labute approximate surface area is 537 Å². The summed E-state index contributed by atoms with van der Waals surface area (Å²) in [7, 11) is 0. The molecule has 1 aliphatic carbocycles. The fourth-order valence-corrected chi connectivity index (χ4v) is 7.28. The zero-order valence-corrected chi connectivity index (χ0v) is 55.4. The molecule has 1 fully saturated rings. The van der Waals surface area contributed by atoms with Crippen molar-refractivity contribution >= 4 is 23.9 Å². The Hall–Kier alpha value is -2.90. The summed E-state index contributed by atoms with van der Waals surface area (Å²) in [5.41, 5.74) is 0. The van der Waals surface area contributed by atoms with E-state index in [9.17, 15) is 29.4 Å². The second-order valence-corrected chi connectivity index (χ2v) is 18.1. The van der Waals surface area contributed by atoms with Crippen molar-refractivity contribution in [1.29, 1.82) is 0 Å². The smallest absolute Gasteiger partial charge is 0.310 e. The maximum absolute atomic E-state index is 12.9. The number of rotatable bonds is 74. The van der Waals surface area contributed by atoms with Gasteiger partial charge < -0.3 is 124 Å². The van der Waals surface area contributed by atoms with Crippen LogP contribution in [0, 0.1) is 23.7 Å². The third kappa shape index (κ3) is 55.3. The van der Waals surface area contributed by atoms with Gasteiger partial charge in [0.15, 0.2) is 0 Å². The third-order valence-corrected chi connectivity index (χ3v) is 11.5. The normalized spacial score (nSPS) is 15.4. The first-order chi connectivity index (χ1) is 43.4. The molecule has 1 saturated carbocycles. The molecule has 4 unspecified atom stereocenters. The Balaban J connectivity index is 0.0000774. The summed E-state index contributed by atoms with van der Waals surface area (Å²) in [6, 6.07) is 0. The second kappa shape index (κ2) is 69.4. The molecule has 0 aromatic carbocycles. The fraction of sp³-hybridized carbons (Fsp3) is 0.862. The molecular weight excluding hydrogens is 1240 g/mol. The first kappa shape index (κ1) is 86.1. The van der Waals surface area contributed by atoms with E-state index in [1.807, 2.05) is 0 Å². The molecule has 89 heavy (non-hydrogen) atoms. The Morgan fingerprint density at radius 3 is 0.472 bits per heavy atom. The van der Waals surface area contributed by atoms with E-state index in [1.165, 1.54) is 0 Å². The molecule has 0 amide bonds. The van der Waals surface area contributed by atoms with Gasteiger partial charge in [0.1, 0.15) is 13.2 Å². The predicted molar refractivity (Wildman–Crippen MR) is 310 cm³/mol. The fourth-order valence-electron chi connectivity index (χ4n) is 7.28. The first-order valence-electron chi connectivity index (χ1n) is 30.1. The standard InChI is InChI=1S/C58H104O30.Zn/c1-3-5-65-7-9-67-11-13-69-15-17-71-19-21-73-23-25-75-27-29-77-31-33-79-35-37-81-39-41-83-43-45-85-47-49-87-57(63)53-51(55(59)60)52(56(61)62)54(53)58(64)88-50-48-86-46-44-84-42-40-82-38-36-80-34-32-78-30-28-76-26-24-74-22-20-72-18-16-70-14-12-68-10-8-66-6-4-2;/h3-4,51-54H,1-2,5-50H2,(H,59,60)(H,61,62);. The zero-order valence-electron chi connectivity index (χ0n) is 52.4. The molecule has 0 aromatic rings. The number of carboxylic acid groups (broad SMARTS) is 2. The molecule has 0 saturated heterocycles. The number of esters is 2. The summed E-state index contributed by atoms with van der Waals surface area (Å²) in [6.07, 6.45) is 3.39. The molecule has 30 nitrogen and oxygen atoms in total. The van der Waals surface area contributed by atoms with Gasteiger partial charge in [-0.1, -0.05) is 12.2 Å². The quantitative estimate of drug-likeness (QED) is 0.0361. The van der Waals surface area contributed by atoms with Crippen LogP contribution in [0.4, 0.5) is 0 Å². The van der Waals surface area contributed by atoms with Gasteiger partial charge in [0.05, 0.1) is 314 Å². The van der Waals surface area contributed by atoms with Gasteiger partial charge >= 0.3 is 23.9 Å². The van der Waals surface area contributed by atoms with Crippen LogP contribution < -0.4 is 0 Å². The molecule has 0 spiro atoms. The van der Waals surface area contributed by atoms with Crippen LogP contribution in [0.1, 0.15) is 0 Å². The molecule has 2 N–H and O–H groups in total. The van der Waals surface area contributed by atoms with E-state index in [1.54, 1.807) is 12.2 Å². The summed E-state index contributed by atoms with van der Waals surface area (Å²) in [4.78, 5) is 49.8. The van der Waals surface area contributed by atoms with E-state index in [0.29, 0.717) is 251 Å². The van der Waals surface area contributed by atoms with Gasteiger partial charge in [-0.15, -0.1) is 13.2 Å². The molecule has 0 aliphatic heterocycles. The van der Waals surface area contributed by atoms with Crippen molar-refractivity contribution in [1.82, 2.24) is 0 Å². The van der Waals surface area contributed by atoms with Gasteiger partial charge in [0.25, 0.3) is 0 Å². The molecule has 0 radical (unpaired) electrons. The zero-order chi connectivity index (χ0) is 63.5. The van der Waals surface area contributed by atoms with Crippen LogP contribution in [-0.2, 0) is 152 Å². The Kier molecular flexibility index (Phi) is 67.2. The van der Waals surface area contributed by atoms with Crippen LogP contribution >= 0.6 is 0 Å². The number of aliphatic carboxylic acids is 2. The molecule has 31 heteroatoms. The van der Waals surface area contributed by atoms with Crippen LogP contribution in [0.15, 0.2) is 25.3 Å². The second-order valence-electron chi connectivity index (χ2n) is 18.1. The number of ether oxygens (including phenoxy) is 24. The van der Waals surface area contributed by atoms with Crippen LogP contribution in [-0.4, -0.2) is 338 Å². The number of carboxylic acids is 2. The number of hydrogen-bond donors (Lipinski definition) is 2. The van der Waals surface area contributed by atoms with E-state index in [2.05, 4.69) is 13.2 Å². The maximum Gasteiger partial charge on any atom is 0.310 e. The molecular formula is C58H104O30Zn. The van der Waals surface area contributed by atoms with Gasteiger partial charge in [-0.3, -0.25) is 19.2 Å². The molecule has 0 heterocycles. The number of carbonyl (C=O) groups excluding carboxylic acids is 2. The van der Waals surface area contributed by atoms with Crippen LogP contribution in [0.5, 0.6) is 0 Å². The van der Waals surface area contributed by atoms with E-state index in [4.69, 9.17) is 114 Å². The summed E-state index contributed by atoms with van der Waals surface area (Å²) in [5, 5.41) is 19.4. The predicted octanol–water partition coefficient (Wildman–Crippen LogP) is 0.455. The Morgan fingerprint density at radius 1 is 0.225 bits per heavy atom. The monoisotopic (exact) mass is 1340 g/mol. The minimum Gasteiger partial charge on any atom is -0.481 e. The van der Waals surface area contributed by atoms with Gasteiger partial charge in [-0.2, -0.15) is 0 Å². The molecule has 1 aliphatic rings. The van der Waals surface area contributed by atoms with Crippen molar-refractivity contribution in [3.8, 4) is 0 Å². The van der Waals surface area contributed by atoms with Gasteiger partial charge in [-0.25, -0.2) is 0 Å². The van der Waals surface area contributed by atoms with Crippen molar-refractivity contribution in [2.45, 2.75) is 0 Å². The largest absolute Gasteiger partial charge is 0.481 e. The first-order valence-corrected chi connectivity index (χ1v) is 30.1. The van der Waals surface area contributed by atoms with E-state index in [0.717, 1.165) is 0 Å². The van der Waals surface area contributed by atoms with Gasteiger partial charge in [-0.05, 0) is 0 Å². The van der Waals surface area contributed by atoms with E-state index in [-0.39, 0.29) is 72.3 Å². The minimum atomic E-state index is -1.69. The third-order valence-electron chi connectivity index (χ3n) is 11.5. The van der Waals surface area contributed by atoms with Crippen molar-refractivity contribution in [3.63, 3.8) is 0 Å². The summed E-state index contributed by atoms with van der Waals surface area (Å²) in [6.45, 7) is 24.2. The number of carbonyl (C=O) groups is 4. The van der Waals surface area contributed by atoms with Gasteiger partial charge in [0.2, 0.25) is 0 Å². The minimum absolute atomic E-state index is 0. The molecule has 0 aromatic heterocycles. The number of hydrogen-bond acceptors (Lipinski definition) is 28. The summed E-state index contributed by atoms with van der Waals surface area (Å²) in [5.74, 6) is -11.7. The maximum atomic E-state index is 12.9. The van der Waals surface area contributed by atoms with Crippen molar-refractivity contribution in [3.05, 3.63) is 25.3 Å². The average Bonchev–Trinajstić information content (AvgIpc) is 0.852. The average molecular weight is 1350 g/mol. The molecule has 0 bridgehead atoms. The summed E-state index contributed by atoms with van der Waals surface area (Å²) >= 11 is 0. The topological polar surface area (TPSA) is 330 Å². The van der Waals surface area contributed by atoms with Gasteiger partial charge in [0, 0.05) is 19.5 Å². The SMILES string of the molecule is C=CCOCCOCCOCCOCCOCCOCCOCCOCCOCCOCCOCCOC(=O)C1C(C(=O)O)C(C(=O)O)C1C(=O)OCCOCCOCCOCCOCCOCCOCCOCCOCCOCCOCCOCC=C.[Zn]. The Morgan fingerprint density at radius 2 is 0.348 bits per heavy atom. The molecule has 4 atom stereocenters.